The van der Waals surface area contributed by atoms with Crippen molar-refractivity contribution in [1.82, 2.24) is 0 Å². The van der Waals surface area contributed by atoms with E-state index in [-0.39, 0.29) is 19.3 Å². The Morgan fingerprint density at radius 2 is 2.12 bits per heavy atom. The molecule has 1 atom stereocenters. The molecule has 5 heteroatoms. The van der Waals surface area contributed by atoms with E-state index in [1.807, 2.05) is 26.0 Å². The van der Waals surface area contributed by atoms with Gasteiger partial charge in [-0.15, -0.1) is 0 Å². The quantitative estimate of drug-likeness (QED) is 0.874. The Labute approximate surface area is 109 Å². The summed E-state index contributed by atoms with van der Waals surface area (Å²) in [6, 6.07) is 3.69. The highest BCUT2D eigenvalue weighted by molar-refractivity contribution is 9.10. The number of carboxylic acid groups (broad SMARTS) is 1. The highest BCUT2D eigenvalue weighted by atomic mass is 79.9. The first-order chi connectivity index (χ1) is 7.91. The maximum atomic E-state index is 10.3. The Balaban J connectivity index is 2.71. The lowest BCUT2D eigenvalue weighted by molar-refractivity contribution is -0.142. The van der Waals surface area contributed by atoms with Crippen LogP contribution in [0.3, 0.4) is 0 Å². The summed E-state index contributed by atoms with van der Waals surface area (Å²) < 4.78 is 6.04. The zero-order chi connectivity index (χ0) is 13.0. The fourth-order valence-corrected chi connectivity index (χ4v) is 2.02. The SMILES string of the molecule is Cc1cc(C(N)COCC(=O)O)c(C)cc1Br. The topological polar surface area (TPSA) is 72.5 Å². The standard InChI is InChI=1S/C12H16BrNO3/c1-7-4-10(13)8(2)3-9(7)11(14)5-17-6-12(15)16/h3-4,11H,5-6,14H2,1-2H3,(H,15,16). The first-order valence-electron chi connectivity index (χ1n) is 5.23. The molecular formula is C12H16BrNO3. The number of hydrogen-bond donors (Lipinski definition) is 2. The van der Waals surface area contributed by atoms with Crippen molar-refractivity contribution in [2.24, 2.45) is 5.73 Å². The van der Waals surface area contributed by atoms with Crippen LogP contribution in [0.4, 0.5) is 0 Å². The Hall–Kier alpha value is -0.910. The molecule has 0 heterocycles. The van der Waals surface area contributed by atoms with E-state index in [0.717, 1.165) is 21.2 Å². The van der Waals surface area contributed by atoms with E-state index in [2.05, 4.69) is 15.9 Å². The number of carbonyl (C=O) groups is 1. The van der Waals surface area contributed by atoms with Crippen molar-refractivity contribution in [2.45, 2.75) is 19.9 Å². The van der Waals surface area contributed by atoms with Gasteiger partial charge >= 0.3 is 5.97 Å². The summed E-state index contributed by atoms with van der Waals surface area (Å²) in [4.78, 5) is 10.3. The third kappa shape index (κ3) is 4.11. The van der Waals surface area contributed by atoms with Crippen molar-refractivity contribution in [3.63, 3.8) is 0 Å². The van der Waals surface area contributed by atoms with Crippen LogP contribution in [0.15, 0.2) is 16.6 Å². The monoisotopic (exact) mass is 301 g/mol. The van der Waals surface area contributed by atoms with Gasteiger partial charge in [-0.25, -0.2) is 4.79 Å². The van der Waals surface area contributed by atoms with Gasteiger partial charge in [0.25, 0.3) is 0 Å². The maximum Gasteiger partial charge on any atom is 0.329 e. The molecule has 0 fully saturated rings. The molecule has 3 N–H and O–H groups in total. The average Bonchev–Trinajstić information content (AvgIpc) is 2.22. The zero-order valence-electron chi connectivity index (χ0n) is 9.87. The molecule has 94 valence electrons. The van der Waals surface area contributed by atoms with Gasteiger partial charge in [0.1, 0.15) is 6.61 Å². The summed E-state index contributed by atoms with van der Waals surface area (Å²) in [5, 5.41) is 8.46. The van der Waals surface area contributed by atoms with E-state index in [1.54, 1.807) is 0 Å². The smallest absolute Gasteiger partial charge is 0.329 e. The summed E-state index contributed by atoms with van der Waals surface area (Å²) >= 11 is 3.45. The van der Waals surface area contributed by atoms with Gasteiger partial charge < -0.3 is 15.6 Å². The zero-order valence-corrected chi connectivity index (χ0v) is 11.5. The highest BCUT2D eigenvalue weighted by Gasteiger charge is 2.11. The minimum Gasteiger partial charge on any atom is -0.480 e. The lowest BCUT2D eigenvalue weighted by Crippen LogP contribution is -2.20. The predicted molar refractivity (Wildman–Crippen MR) is 69.0 cm³/mol. The van der Waals surface area contributed by atoms with Crippen molar-refractivity contribution in [3.8, 4) is 0 Å². The van der Waals surface area contributed by atoms with Crippen LogP contribution in [0.2, 0.25) is 0 Å². The molecule has 0 spiro atoms. The fourth-order valence-electron chi connectivity index (χ4n) is 1.57. The number of ether oxygens (including phenoxy) is 1. The lowest BCUT2D eigenvalue weighted by Gasteiger charge is -2.16. The molecule has 0 aromatic heterocycles. The average molecular weight is 302 g/mol. The van der Waals surface area contributed by atoms with Crippen molar-refractivity contribution in [3.05, 3.63) is 33.3 Å². The van der Waals surface area contributed by atoms with Crippen molar-refractivity contribution in [1.29, 1.82) is 0 Å². The number of hydrogen-bond acceptors (Lipinski definition) is 3. The predicted octanol–water partition coefficient (Wildman–Crippen LogP) is 2.17. The second kappa shape index (κ2) is 6.14. The van der Waals surface area contributed by atoms with Gasteiger partial charge in [-0.1, -0.05) is 22.0 Å². The molecule has 1 aromatic rings. The molecular weight excluding hydrogens is 286 g/mol. The number of rotatable bonds is 5. The summed E-state index contributed by atoms with van der Waals surface area (Å²) in [5.74, 6) is -0.985. The maximum absolute atomic E-state index is 10.3. The van der Waals surface area contributed by atoms with E-state index in [1.165, 1.54) is 0 Å². The number of benzene rings is 1. The van der Waals surface area contributed by atoms with E-state index >= 15 is 0 Å². The largest absolute Gasteiger partial charge is 0.480 e. The molecule has 0 aliphatic carbocycles. The Kier molecular flexibility index (Phi) is 5.11. The molecule has 0 saturated carbocycles. The van der Waals surface area contributed by atoms with Crippen LogP contribution in [-0.2, 0) is 9.53 Å². The van der Waals surface area contributed by atoms with Crippen LogP contribution in [0.5, 0.6) is 0 Å². The van der Waals surface area contributed by atoms with E-state index < -0.39 is 5.97 Å². The van der Waals surface area contributed by atoms with Gasteiger partial charge in [-0.3, -0.25) is 0 Å². The van der Waals surface area contributed by atoms with Gasteiger partial charge in [0.2, 0.25) is 0 Å². The molecule has 4 nitrogen and oxygen atoms in total. The van der Waals surface area contributed by atoms with Crippen LogP contribution < -0.4 is 5.73 Å². The summed E-state index contributed by atoms with van der Waals surface area (Å²) in [5.41, 5.74) is 9.11. The third-order valence-electron chi connectivity index (χ3n) is 2.47. The van der Waals surface area contributed by atoms with Gasteiger partial charge in [-0.05, 0) is 36.6 Å². The molecule has 0 bridgehead atoms. The van der Waals surface area contributed by atoms with Gasteiger partial charge in [0, 0.05) is 4.47 Å². The Morgan fingerprint density at radius 1 is 1.47 bits per heavy atom. The van der Waals surface area contributed by atoms with Crippen LogP contribution in [0, 0.1) is 13.8 Å². The lowest BCUT2D eigenvalue weighted by atomic mass is 10.00. The number of nitrogens with two attached hydrogens (primary N) is 1. The number of aryl methyl sites for hydroxylation is 2. The molecule has 17 heavy (non-hydrogen) atoms. The van der Waals surface area contributed by atoms with E-state index in [0.29, 0.717) is 0 Å². The Bertz CT molecular complexity index is 420. The minimum atomic E-state index is -0.985. The van der Waals surface area contributed by atoms with Crippen LogP contribution in [-0.4, -0.2) is 24.3 Å². The molecule has 0 amide bonds. The molecule has 1 aromatic carbocycles. The third-order valence-corrected chi connectivity index (χ3v) is 3.32. The molecule has 0 aliphatic rings. The van der Waals surface area contributed by atoms with E-state index in [4.69, 9.17) is 15.6 Å². The number of carboxylic acids is 1. The van der Waals surface area contributed by atoms with Crippen LogP contribution in [0.25, 0.3) is 0 Å². The van der Waals surface area contributed by atoms with Crippen molar-refractivity contribution >= 4 is 21.9 Å². The van der Waals surface area contributed by atoms with Gasteiger partial charge in [0.15, 0.2) is 0 Å². The van der Waals surface area contributed by atoms with Crippen molar-refractivity contribution in [2.75, 3.05) is 13.2 Å². The van der Waals surface area contributed by atoms with Crippen LogP contribution in [0.1, 0.15) is 22.7 Å². The summed E-state index contributed by atoms with van der Waals surface area (Å²) in [6.07, 6.45) is 0. The second-order valence-corrected chi connectivity index (χ2v) is 4.83. The fraction of sp³-hybridized carbons (Fsp3) is 0.417. The summed E-state index contributed by atoms with van der Waals surface area (Å²) in [6.45, 7) is 3.84. The van der Waals surface area contributed by atoms with Gasteiger partial charge in [0.05, 0.1) is 12.6 Å². The highest BCUT2D eigenvalue weighted by Crippen LogP contribution is 2.24. The van der Waals surface area contributed by atoms with Crippen molar-refractivity contribution < 1.29 is 14.6 Å². The first-order valence-corrected chi connectivity index (χ1v) is 6.03. The molecule has 0 aliphatic heterocycles. The van der Waals surface area contributed by atoms with E-state index in [9.17, 15) is 4.79 Å². The second-order valence-electron chi connectivity index (χ2n) is 3.97. The first kappa shape index (κ1) is 14.2. The minimum absolute atomic E-state index is 0.203. The normalized spacial score (nSPS) is 12.5. The number of halogens is 1. The Morgan fingerprint density at radius 3 is 2.71 bits per heavy atom. The molecule has 0 radical (unpaired) electrons. The van der Waals surface area contributed by atoms with Gasteiger partial charge in [-0.2, -0.15) is 0 Å². The number of aliphatic carboxylic acids is 1. The van der Waals surface area contributed by atoms with Crippen LogP contribution >= 0.6 is 15.9 Å². The molecule has 1 rings (SSSR count). The molecule has 1 unspecified atom stereocenters. The summed E-state index contributed by atoms with van der Waals surface area (Å²) in [7, 11) is 0. The molecule has 0 saturated heterocycles.